The van der Waals surface area contributed by atoms with E-state index >= 15 is 0 Å². The topological polar surface area (TPSA) is 49.4 Å². The minimum absolute atomic E-state index is 0.149. The van der Waals surface area contributed by atoms with Gasteiger partial charge < -0.3 is 4.90 Å². The van der Waals surface area contributed by atoms with Gasteiger partial charge in [-0.05, 0) is 25.7 Å². The molecule has 72 valence electrons. The first-order valence-electron chi connectivity index (χ1n) is 4.79. The Hall–Kier alpha value is -1.06. The van der Waals surface area contributed by atoms with Gasteiger partial charge in [0.25, 0.3) is 0 Å². The summed E-state index contributed by atoms with van der Waals surface area (Å²) in [5.41, 5.74) is 0. The minimum atomic E-state index is -0.212. The first-order chi connectivity index (χ1) is 6.18. The van der Waals surface area contributed by atoms with E-state index in [4.69, 9.17) is 0 Å². The highest BCUT2D eigenvalue weighted by Crippen LogP contribution is 2.35. The van der Waals surface area contributed by atoms with Crippen LogP contribution in [0.15, 0.2) is 0 Å². The molecule has 2 rings (SSSR count). The Balaban J connectivity index is 1.98. The van der Waals surface area contributed by atoms with Gasteiger partial charge in [0.05, 0.1) is 0 Å². The molecular weight excluding hydrogens is 168 g/mol. The fraction of sp³-hybridized carbons (Fsp3) is 0.778. The second kappa shape index (κ2) is 3.01. The summed E-state index contributed by atoms with van der Waals surface area (Å²) >= 11 is 0. The van der Waals surface area contributed by atoms with Gasteiger partial charge in [-0.15, -0.1) is 0 Å². The van der Waals surface area contributed by atoms with Gasteiger partial charge in [0.2, 0.25) is 5.91 Å². The smallest absolute Gasteiger partial charge is 0.321 e. The Morgan fingerprint density at radius 3 is 2.69 bits per heavy atom. The van der Waals surface area contributed by atoms with Crippen molar-refractivity contribution in [3.8, 4) is 0 Å². The van der Waals surface area contributed by atoms with Crippen molar-refractivity contribution in [3.63, 3.8) is 0 Å². The molecule has 1 heterocycles. The number of carbonyl (C=O) groups excluding carboxylic acids is 2. The zero-order chi connectivity index (χ0) is 9.42. The van der Waals surface area contributed by atoms with Crippen molar-refractivity contribution < 1.29 is 9.59 Å². The van der Waals surface area contributed by atoms with Gasteiger partial charge in [-0.1, -0.05) is 0 Å². The third-order valence-corrected chi connectivity index (χ3v) is 2.88. The van der Waals surface area contributed by atoms with E-state index in [0.717, 1.165) is 0 Å². The van der Waals surface area contributed by atoms with E-state index in [-0.39, 0.29) is 11.9 Å². The molecule has 0 spiro atoms. The molecule has 0 radical (unpaired) electrons. The predicted molar refractivity (Wildman–Crippen MR) is 47.0 cm³/mol. The maximum absolute atomic E-state index is 11.4. The van der Waals surface area contributed by atoms with E-state index in [9.17, 15) is 9.59 Å². The van der Waals surface area contributed by atoms with Crippen molar-refractivity contribution >= 4 is 11.9 Å². The molecule has 1 aliphatic carbocycles. The van der Waals surface area contributed by atoms with E-state index in [1.807, 2.05) is 0 Å². The number of nitrogens with one attached hydrogen (secondary N) is 1. The molecule has 13 heavy (non-hydrogen) atoms. The van der Waals surface area contributed by atoms with E-state index < -0.39 is 0 Å². The fourth-order valence-corrected chi connectivity index (χ4v) is 1.80. The Labute approximate surface area is 77.3 Å². The number of urea groups is 1. The zero-order valence-electron chi connectivity index (χ0n) is 7.75. The van der Waals surface area contributed by atoms with E-state index in [1.54, 1.807) is 4.90 Å². The van der Waals surface area contributed by atoms with Crippen LogP contribution in [0.5, 0.6) is 0 Å². The maximum Gasteiger partial charge on any atom is 0.324 e. The molecule has 1 aliphatic heterocycles. The average Bonchev–Trinajstić information content (AvgIpc) is 2.85. The molecule has 1 atom stereocenters. The van der Waals surface area contributed by atoms with Crippen molar-refractivity contribution in [1.29, 1.82) is 0 Å². The molecule has 0 aromatic rings. The van der Waals surface area contributed by atoms with Crippen molar-refractivity contribution in [2.45, 2.75) is 32.2 Å². The Bertz CT molecular complexity index is 248. The van der Waals surface area contributed by atoms with Crippen LogP contribution >= 0.6 is 0 Å². The van der Waals surface area contributed by atoms with Gasteiger partial charge in [0.1, 0.15) is 0 Å². The summed E-state index contributed by atoms with van der Waals surface area (Å²) in [6, 6.07) is 0.0868. The molecule has 1 unspecified atom stereocenters. The van der Waals surface area contributed by atoms with Crippen LogP contribution in [0.3, 0.4) is 0 Å². The molecule has 1 N–H and O–H groups in total. The fourth-order valence-electron chi connectivity index (χ4n) is 1.80. The monoisotopic (exact) mass is 182 g/mol. The second-order valence-electron chi connectivity index (χ2n) is 3.87. The van der Waals surface area contributed by atoms with Crippen molar-refractivity contribution in [2.75, 3.05) is 6.54 Å². The molecule has 2 aliphatic rings. The highest BCUT2D eigenvalue weighted by molar-refractivity contribution is 5.96. The molecule has 4 nitrogen and oxygen atoms in total. The van der Waals surface area contributed by atoms with Gasteiger partial charge in [-0.25, -0.2) is 4.79 Å². The largest absolute Gasteiger partial charge is 0.324 e. The lowest BCUT2D eigenvalue weighted by molar-refractivity contribution is -0.121. The van der Waals surface area contributed by atoms with Crippen LogP contribution in [0.25, 0.3) is 0 Å². The molecule has 0 bridgehead atoms. The molecule has 3 amide bonds. The summed E-state index contributed by atoms with van der Waals surface area (Å²) in [6.45, 7) is 2.65. The number of amides is 3. The predicted octanol–water partition coefficient (Wildman–Crippen LogP) is 0.727. The second-order valence-corrected chi connectivity index (χ2v) is 3.87. The summed E-state index contributed by atoms with van der Waals surface area (Å²) < 4.78 is 0. The van der Waals surface area contributed by atoms with Crippen LogP contribution in [-0.2, 0) is 4.79 Å². The molecule has 0 aromatic carbocycles. The standard InChI is InChI=1S/C9H14N2O2/c1-6(7-2-3-7)11-5-4-8(12)10-9(11)13/h6-7H,2-5H2,1H3,(H,10,12,13). The Morgan fingerprint density at radius 1 is 1.46 bits per heavy atom. The Morgan fingerprint density at radius 2 is 2.15 bits per heavy atom. The number of imide groups is 1. The number of nitrogens with zero attached hydrogens (tertiary/aromatic N) is 1. The van der Waals surface area contributed by atoms with Gasteiger partial charge >= 0.3 is 6.03 Å². The van der Waals surface area contributed by atoms with Crippen molar-refractivity contribution in [1.82, 2.24) is 10.2 Å². The number of carbonyl (C=O) groups is 2. The van der Waals surface area contributed by atoms with Crippen molar-refractivity contribution in [3.05, 3.63) is 0 Å². The van der Waals surface area contributed by atoms with Gasteiger partial charge in [0, 0.05) is 19.0 Å². The molecule has 4 heteroatoms. The molecule has 1 saturated carbocycles. The molecular formula is C9H14N2O2. The highest BCUT2D eigenvalue weighted by Gasteiger charge is 2.36. The summed E-state index contributed by atoms with van der Waals surface area (Å²) in [4.78, 5) is 24.0. The van der Waals surface area contributed by atoms with Crippen molar-refractivity contribution in [2.24, 2.45) is 5.92 Å². The van der Waals surface area contributed by atoms with Gasteiger partial charge in [-0.3, -0.25) is 10.1 Å². The summed E-state index contributed by atoms with van der Waals surface area (Å²) in [5, 5.41) is 2.34. The molecule has 0 aromatic heterocycles. The highest BCUT2D eigenvalue weighted by atomic mass is 16.2. The van der Waals surface area contributed by atoms with E-state index in [2.05, 4.69) is 12.2 Å². The van der Waals surface area contributed by atoms with Gasteiger partial charge in [-0.2, -0.15) is 0 Å². The first kappa shape index (κ1) is 8.53. The van der Waals surface area contributed by atoms with Gasteiger partial charge in [0.15, 0.2) is 0 Å². The lowest BCUT2D eigenvalue weighted by Gasteiger charge is -2.32. The SMILES string of the molecule is CC(C1CC1)N1CCC(=O)NC1=O. The normalized spacial score (nSPS) is 25.8. The zero-order valence-corrected chi connectivity index (χ0v) is 7.75. The number of hydrogen-bond donors (Lipinski definition) is 1. The third kappa shape index (κ3) is 1.66. The number of rotatable bonds is 2. The van der Waals surface area contributed by atoms with Crippen LogP contribution < -0.4 is 5.32 Å². The lowest BCUT2D eigenvalue weighted by Crippen LogP contribution is -2.53. The molecule has 2 fully saturated rings. The van der Waals surface area contributed by atoms with Crippen LogP contribution in [-0.4, -0.2) is 29.4 Å². The van der Waals surface area contributed by atoms with E-state index in [1.165, 1.54) is 12.8 Å². The quantitative estimate of drug-likeness (QED) is 0.684. The van der Waals surface area contributed by atoms with Crippen LogP contribution in [0.1, 0.15) is 26.2 Å². The average molecular weight is 182 g/mol. The third-order valence-electron chi connectivity index (χ3n) is 2.88. The van der Waals surface area contributed by atoms with Crippen LogP contribution in [0, 0.1) is 5.92 Å². The summed E-state index contributed by atoms with van der Waals surface area (Å²) in [5.74, 6) is 0.517. The first-order valence-corrected chi connectivity index (χ1v) is 4.79. The summed E-state index contributed by atoms with van der Waals surface area (Å²) in [7, 11) is 0. The lowest BCUT2D eigenvalue weighted by atomic mass is 10.1. The van der Waals surface area contributed by atoms with Crippen LogP contribution in [0.4, 0.5) is 4.79 Å². The minimum Gasteiger partial charge on any atom is -0.321 e. The number of hydrogen-bond acceptors (Lipinski definition) is 2. The van der Waals surface area contributed by atoms with Crippen LogP contribution in [0.2, 0.25) is 0 Å². The summed E-state index contributed by atoms with van der Waals surface area (Å²) in [6.07, 6.45) is 2.89. The maximum atomic E-state index is 11.4. The molecule has 1 saturated heterocycles. The van der Waals surface area contributed by atoms with E-state index in [0.29, 0.717) is 24.9 Å². The Kier molecular flexibility index (Phi) is 1.98.